The maximum Gasteiger partial charge on any atom is 0.234 e. The van der Waals surface area contributed by atoms with Crippen LogP contribution < -0.4 is 15.8 Å². The molecular weight excluding hydrogens is 264 g/mol. The lowest BCUT2D eigenvalue weighted by Gasteiger charge is -2.10. The lowest BCUT2D eigenvalue weighted by atomic mass is 10.2. The minimum atomic E-state index is -0.135. The molecule has 1 aromatic heterocycles. The van der Waals surface area contributed by atoms with Gasteiger partial charge in [-0.05, 0) is 12.1 Å². The van der Waals surface area contributed by atoms with Crippen molar-refractivity contribution in [2.24, 2.45) is 0 Å². The van der Waals surface area contributed by atoms with E-state index >= 15 is 0 Å². The monoisotopic (exact) mass is 278 g/mol. The third kappa shape index (κ3) is 3.65. The van der Waals surface area contributed by atoms with Crippen molar-refractivity contribution in [3.63, 3.8) is 0 Å². The molecule has 19 heavy (non-hydrogen) atoms. The van der Waals surface area contributed by atoms with Crippen LogP contribution >= 0.6 is 11.8 Å². The first-order valence-electron chi connectivity index (χ1n) is 5.54. The van der Waals surface area contributed by atoms with Crippen LogP contribution in [-0.2, 0) is 4.79 Å². The smallest absolute Gasteiger partial charge is 0.234 e. The summed E-state index contributed by atoms with van der Waals surface area (Å²) in [6, 6.07) is 5.08. The number of nitrogens with one attached hydrogen (secondary N) is 2. The number of benzene rings is 1. The number of H-pyrrole nitrogens is 1. The fourth-order valence-corrected chi connectivity index (χ4v) is 2.09. The molecule has 0 bridgehead atoms. The van der Waals surface area contributed by atoms with Crippen molar-refractivity contribution in [3.8, 4) is 5.75 Å². The van der Waals surface area contributed by atoms with E-state index in [1.165, 1.54) is 18.9 Å². The highest BCUT2D eigenvalue weighted by atomic mass is 32.2. The molecule has 100 valence electrons. The van der Waals surface area contributed by atoms with Crippen LogP contribution in [0.2, 0.25) is 0 Å². The van der Waals surface area contributed by atoms with Crippen molar-refractivity contribution in [1.29, 1.82) is 0 Å². The zero-order valence-electron chi connectivity index (χ0n) is 10.3. The van der Waals surface area contributed by atoms with Gasteiger partial charge in [0.15, 0.2) is 5.16 Å². The number of ether oxygens (including phenoxy) is 1. The van der Waals surface area contributed by atoms with Gasteiger partial charge in [0.2, 0.25) is 5.91 Å². The van der Waals surface area contributed by atoms with Crippen molar-refractivity contribution in [2.45, 2.75) is 5.16 Å². The van der Waals surface area contributed by atoms with Gasteiger partial charge >= 0.3 is 0 Å². The Morgan fingerprint density at radius 1 is 1.58 bits per heavy atom. The Labute approximate surface area is 114 Å². The summed E-state index contributed by atoms with van der Waals surface area (Å²) in [4.78, 5) is 18.7. The fraction of sp³-hybridized carbons (Fsp3) is 0.167. The second kappa shape index (κ2) is 6.14. The molecule has 1 heterocycles. The van der Waals surface area contributed by atoms with Gasteiger partial charge in [-0.15, -0.1) is 0 Å². The SMILES string of the molecule is COc1cc(N)ccc1NC(=O)CSc1ncc[nH]1. The lowest BCUT2D eigenvalue weighted by molar-refractivity contribution is -0.113. The van der Waals surface area contributed by atoms with Crippen LogP contribution in [0.25, 0.3) is 0 Å². The van der Waals surface area contributed by atoms with Crippen molar-refractivity contribution < 1.29 is 9.53 Å². The normalized spacial score (nSPS) is 10.2. The molecule has 0 radical (unpaired) electrons. The summed E-state index contributed by atoms with van der Waals surface area (Å²) in [6.07, 6.45) is 3.35. The second-order valence-electron chi connectivity index (χ2n) is 3.69. The average Bonchev–Trinajstić information content (AvgIpc) is 2.91. The van der Waals surface area contributed by atoms with Gasteiger partial charge in [-0.1, -0.05) is 11.8 Å². The predicted octanol–water partition coefficient (Wildman–Crippen LogP) is 1.73. The van der Waals surface area contributed by atoms with E-state index in [0.717, 1.165) is 0 Å². The molecule has 2 rings (SSSR count). The largest absolute Gasteiger partial charge is 0.494 e. The molecule has 0 aliphatic carbocycles. The van der Waals surface area contributed by atoms with Crippen molar-refractivity contribution in [1.82, 2.24) is 9.97 Å². The minimum Gasteiger partial charge on any atom is -0.494 e. The Balaban J connectivity index is 1.95. The molecule has 0 saturated heterocycles. The molecule has 0 unspecified atom stereocenters. The van der Waals surface area contributed by atoms with Crippen LogP contribution in [0, 0.1) is 0 Å². The number of nitrogens with zero attached hydrogens (tertiary/aromatic N) is 1. The Morgan fingerprint density at radius 2 is 2.42 bits per heavy atom. The number of amides is 1. The number of nitrogens with two attached hydrogens (primary N) is 1. The molecule has 0 saturated carbocycles. The molecular formula is C12H14N4O2S. The van der Waals surface area contributed by atoms with Gasteiger partial charge in [0.05, 0.1) is 18.6 Å². The van der Waals surface area contributed by atoms with E-state index < -0.39 is 0 Å². The first-order chi connectivity index (χ1) is 9.19. The van der Waals surface area contributed by atoms with Crippen molar-refractivity contribution in [3.05, 3.63) is 30.6 Å². The zero-order chi connectivity index (χ0) is 13.7. The van der Waals surface area contributed by atoms with Gasteiger partial charge in [0, 0.05) is 24.1 Å². The maximum atomic E-state index is 11.8. The van der Waals surface area contributed by atoms with E-state index in [1.54, 1.807) is 30.6 Å². The Bertz CT molecular complexity index is 557. The maximum absolute atomic E-state index is 11.8. The highest BCUT2D eigenvalue weighted by Gasteiger charge is 2.09. The number of carbonyl (C=O) groups is 1. The van der Waals surface area contributed by atoms with E-state index in [-0.39, 0.29) is 11.7 Å². The number of aromatic amines is 1. The van der Waals surface area contributed by atoms with E-state index in [1.807, 2.05) is 0 Å². The number of imidazole rings is 1. The van der Waals surface area contributed by atoms with E-state index in [2.05, 4.69) is 15.3 Å². The third-order valence-electron chi connectivity index (χ3n) is 2.31. The Kier molecular flexibility index (Phi) is 4.30. The predicted molar refractivity (Wildman–Crippen MR) is 75.3 cm³/mol. The van der Waals surface area contributed by atoms with Gasteiger partial charge in [0.1, 0.15) is 5.75 Å². The number of thioether (sulfide) groups is 1. The van der Waals surface area contributed by atoms with Gasteiger partial charge < -0.3 is 20.8 Å². The molecule has 0 fully saturated rings. The lowest BCUT2D eigenvalue weighted by Crippen LogP contribution is -2.14. The number of hydrogen-bond donors (Lipinski definition) is 3. The van der Waals surface area contributed by atoms with E-state index in [4.69, 9.17) is 10.5 Å². The number of methoxy groups -OCH3 is 1. The number of nitrogen functional groups attached to an aromatic ring is 1. The number of hydrogen-bond acceptors (Lipinski definition) is 5. The molecule has 2 aromatic rings. The molecule has 7 heteroatoms. The van der Waals surface area contributed by atoms with Crippen LogP contribution in [-0.4, -0.2) is 28.7 Å². The number of rotatable bonds is 5. The van der Waals surface area contributed by atoms with Crippen LogP contribution in [0.3, 0.4) is 0 Å². The van der Waals surface area contributed by atoms with Crippen molar-refractivity contribution in [2.75, 3.05) is 23.9 Å². The molecule has 0 aliphatic rings. The quantitative estimate of drug-likeness (QED) is 0.572. The van der Waals surface area contributed by atoms with Crippen LogP contribution in [0.15, 0.2) is 35.7 Å². The molecule has 1 aromatic carbocycles. The number of aromatic nitrogens is 2. The third-order valence-corrected chi connectivity index (χ3v) is 3.22. The summed E-state index contributed by atoms with van der Waals surface area (Å²) in [5.41, 5.74) is 6.83. The van der Waals surface area contributed by atoms with Gasteiger partial charge in [-0.3, -0.25) is 4.79 Å². The summed E-state index contributed by atoms with van der Waals surface area (Å²) in [6.45, 7) is 0. The summed E-state index contributed by atoms with van der Waals surface area (Å²) in [5.74, 6) is 0.668. The highest BCUT2D eigenvalue weighted by molar-refractivity contribution is 7.99. The standard InChI is InChI=1S/C12H14N4O2S/c1-18-10-6-8(13)2-3-9(10)16-11(17)7-19-12-14-4-5-15-12/h2-6H,7,13H2,1H3,(H,14,15)(H,16,17). The Morgan fingerprint density at radius 3 is 3.11 bits per heavy atom. The van der Waals surface area contributed by atoms with Crippen LogP contribution in [0.4, 0.5) is 11.4 Å². The summed E-state index contributed by atoms with van der Waals surface area (Å²) < 4.78 is 5.16. The Hall–Kier alpha value is -2.15. The zero-order valence-corrected chi connectivity index (χ0v) is 11.2. The minimum absolute atomic E-state index is 0.135. The van der Waals surface area contributed by atoms with Crippen molar-refractivity contribution >= 4 is 29.0 Å². The first-order valence-corrected chi connectivity index (χ1v) is 6.53. The molecule has 1 amide bonds. The molecule has 0 spiro atoms. The van der Waals surface area contributed by atoms with Gasteiger partial charge in [-0.25, -0.2) is 4.98 Å². The number of carbonyl (C=O) groups excluding carboxylic acids is 1. The molecule has 6 nitrogen and oxygen atoms in total. The van der Waals surface area contributed by atoms with E-state index in [0.29, 0.717) is 22.3 Å². The van der Waals surface area contributed by atoms with Crippen LogP contribution in [0.5, 0.6) is 5.75 Å². The van der Waals surface area contributed by atoms with E-state index in [9.17, 15) is 4.79 Å². The molecule has 0 aliphatic heterocycles. The molecule has 0 atom stereocenters. The second-order valence-corrected chi connectivity index (χ2v) is 4.65. The summed E-state index contributed by atoms with van der Waals surface area (Å²) in [5, 5.41) is 3.48. The molecule has 4 N–H and O–H groups in total. The topological polar surface area (TPSA) is 93.0 Å². The highest BCUT2D eigenvalue weighted by Crippen LogP contribution is 2.26. The van der Waals surface area contributed by atoms with Gasteiger partial charge in [-0.2, -0.15) is 0 Å². The summed E-state index contributed by atoms with van der Waals surface area (Å²) in [7, 11) is 1.53. The average molecular weight is 278 g/mol. The fourth-order valence-electron chi connectivity index (χ4n) is 1.46. The van der Waals surface area contributed by atoms with Gasteiger partial charge in [0.25, 0.3) is 0 Å². The number of anilines is 2. The first kappa shape index (κ1) is 13.3. The van der Waals surface area contributed by atoms with Crippen LogP contribution in [0.1, 0.15) is 0 Å². The summed E-state index contributed by atoms with van der Waals surface area (Å²) >= 11 is 1.33.